The van der Waals surface area contributed by atoms with E-state index in [1.165, 1.54) is 0 Å². The first-order valence-corrected chi connectivity index (χ1v) is 12.0. The second kappa shape index (κ2) is 9.20. The molecule has 0 saturated heterocycles. The van der Waals surface area contributed by atoms with Crippen LogP contribution in [0.15, 0.2) is 36.4 Å². The summed E-state index contributed by atoms with van der Waals surface area (Å²) in [7, 11) is 0. The molecule has 3 N–H and O–H groups in total. The Kier molecular flexibility index (Phi) is 6.87. The summed E-state index contributed by atoms with van der Waals surface area (Å²) in [5.41, 5.74) is 2.54. The predicted octanol–water partition coefficient (Wildman–Crippen LogP) is 5.48. The number of nitrogens with one attached hydrogen (secondary N) is 3. The standard InChI is InChI=1S/C25H31N5O2.C2H6/c1-23(2,3)18-13-15(14-19(28-18)24(4,5)6)20(31)30-25(11-12-25)21(32)29-22-26-16-9-7-8-10-17(16)27-22;1-2/h7-10,13-14H,11-12H2,1-6H3,(H,30,31)(H2,26,27,29,32);1-2H3. The maximum atomic E-state index is 13.2. The van der Waals surface area contributed by atoms with Gasteiger partial charge in [0.05, 0.1) is 11.0 Å². The SMILES string of the molecule is CC.CC(C)(C)c1cc(C(=O)NC2(C(=O)Nc3nc4ccccc4[nH]3)CC2)cc(C(C)(C)C)n1. The number of rotatable bonds is 4. The Hall–Kier alpha value is -3.22. The van der Waals surface area contributed by atoms with E-state index in [0.717, 1.165) is 22.4 Å². The molecule has 3 aromatic rings. The van der Waals surface area contributed by atoms with Crippen LogP contribution in [0, 0.1) is 0 Å². The van der Waals surface area contributed by atoms with Crippen LogP contribution in [0.5, 0.6) is 0 Å². The number of anilines is 1. The van der Waals surface area contributed by atoms with Crippen LogP contribution < -0.4 is 10.6 Å². The van der Waals surface area contributed by atoms with Crippen LogP contribution in [0.1, 0.15) is 90.0 Å². The first-order chi connectivity index (χ1) is 15.9. The van der Waals surface area contributed by atoms with Crippen molar-refractivity contribution < 1.29 is 9.59 Å². The van der Waals surface area contributed by atoms with E-state index in [0.29, 0.717) is 24.4 Å². The lowest BCUT2D eigenvalue weighted by Gasteiger charge is -2.25. The molecule has 0 aliphatic heterocycles. The van der Waals surface area contributed by atoms with Gasteiger partial charge in [0.2, 0.25) is 5.95 Å². The Labute approximate surface area is 202 Å². The number of fused-ring (bicyclic) bond motifs is 1. The third-order valence-electron chi connectivity index (χ3n) is 5.78. The monoisotopic (exact) mass is 463 g/mol. The molecule has 1 aliphatic rings. The minimum absolute atomic E-state index is 0.202. The van der Waals surface area contributed by atoms with Gasteiger partial charge in [-0.3, -0.25) is 19.9 Å². The Bertz CT molecular complexity index is 1130. The molecule has 7 heteroatoms. The molecular weight excluding hydrogens is 426 g/mol. The summed E-state index contributed by atoms with van der Waals surface area (Å²) in [4.78, 5) is 38.5. The van der Waals surface area contributed by atoms with E-state index in [1.807, 2.05) is 50.2 Å². The largest absolute Gasteiger partial charge is 0.338 e. The van der Waals surface area contributed by atoms with Crippen molar-refractivity contribution in [3.05, 3.63) is 53.3 Å². The lowest BCUT2D eigenvalue weighted by Crippen LogP contribution is -2.46. The highest BCUT2D eigenvalue weighted by atomic mass is 16.2. The molecule has 0 bridgehead atoms. The molecule has 2 amide bonds. The number of amides is 2. The van der Waals surface area contributed by atoms with Crippen molar-refractivity contribution in [1.82, 2.24) is 20.3 Å². The van der Waals surface area contributed by atoms with Gasteiger partial charge in [0.15, 0.2) is 0 Å². The average molecular weight is 464 g/mol. The zero-order valence-corrected chi connectivity index (χ0v) is 21.6. The molecule has 7 nitrogen and oxygen atoms in total. The lowest BCUT2D eigenvalue weighted by atomic mass is 9.86. The molecule has 0 spiro atoms. The van der Waals surface area contributed by atoms with E-state index >= 15 is 0 Å². The normalized spacial score (nSPS) is 14.7. The number of benzene rings is 1. The molecule has 2 heterocycles. The van der Waals surface area contributed by atoms with Gasteiger partial charge in [-0.05, 0) is 37.1 Å². The second-order valence-corrected chi connectivity index (χ2v) is 10.7. The summed E-state index contributed by atoms with van der Waals surface area (Å²) in [6, 6.07) is 11.2. The highest BCUT2D eigenvalue weighted by Gasteiger charge is 2.51. The van der Waals surface area contributed by atoms with Crippen LogP contribution in [0.2, 0.25) is 0 Å². The van der Waals surface area contributed by atoms with Crippen molar-refractivity contribution in [2.45, 2.75) is 84.6 Å². The Morgan fingerprint density at radius 2 is 1.47 bits per heavy atom. The summed E-state index contributed by atoms with van der Waals surface area (Å²) < 4.78 is 0. The fourth-order valence-corrected chi connectivity index (χ4v) is 3.49. The van der Waals surface area contributed by atoms with E-state index in [4.69, 9.17) is 4.98 Å². The van der Waals surface area contributed by atoms with E-state index in [9.17, 15) is 9.59 Å². The third kappa shape index (κ3) is 5.46. The zero-order valence-electron chi connectivity index (χ0n) is 21.6. The fourth-order valence-electron chi connectivity index (χ4n) is 3.49. The number of carbonyl (C=O) groups is 2. The summed E-state index contributed by atoms with van der Waals surface area (Å²) >= 11 is 0. The number of aromatic nitrogens is 3. The van der Waals surface area contributed by atoms with Crippen LogP contribution in [0.25, 0.3) is 11.0 Å². The highest BCUT2D eigenvalue weighted by molar-refractivity contribution is 6.05. The molecule has 2 aromatic heterocycles. The molecule has 34 heavy (non-hydrogen) atoms. The Balaban J connectivity index is 0.00000158. The van der Waals surface area contributed by atoms with E-state index in [-0.39, 0.29) is 22.6 Å². The number of imidazole rings is 1. The summed E-state index contributed by atoms with van der Waals surface area (Å²) in [6.07, 6.45) is 1.18. The van der Waals surface area contributed by atoms with Gasteiger partial charge in [0.1, 0.15) is 5.54 Å². The number of carbonyl (C=O) groups excluding carboxylic acids is 2. The summed E-state index contributed by atoms with van der Waals surface area (Å²) in [5.74, 6) is -0.141. The maximum absolute atomic E-state index is 13.2. The molecule has 1 aliphatic carbocycles. The predicted molar refractivity (Wildman–Crippen MR) is 137 cm³/mol. The van der Waals surface area contributed by atoms with Crippen LogP contribution in [0.3, 0.4) is 0 Å². The average Bonchev–Trinajstić information content (AvgIpc) is 3.44. The lowest BCUT2D eigenvalue weighted by molar-refractivity contribution is -0.118. The number of pyridine rings is 1. The molecule has 1 aromatic carbocycles. The van der Waals surface area contributed by atoms with Crippen LogP contribution in [-0.4, -0.2) is 32.3 Å². The van der Waals surface area contributed by atoms with Gasteiger partial charge in [-0.15, -0.1) is 0 Å². The van der Waals surface area contributed by atoms with Crippen molar-refractivity contribution in [3.63, 3.8) is 0 Å². The summed E-state index contributed by atoms with van der Waals surface area (Å²) in [6.45, 7) is 16.5. The van der Waals surface area contributed by atoms with Gasteiger partial charge in [-0.25, -0.2) is 4.98 Å². The number of nitrogens with zero attached hydrogens (tertiary/aromatic N) is 2. The number of para-hydroxylation sites is 2. The topological polar surface area (TPSA) is 99.8 Å². The number of H-pyrrole nitrogens is 1. The van der Waals surface area contributed by atoms with E-state index in [2.05, 4.69) is 62.1 Å². The molecule has 0 radical (unpaired) electrons. The minimum atomic E-state index is -0.914. The van der Waals surface area contributed by atoms with Gasteiger partial charge in [-0.2, -0.15) is 0 Å². The molecule has 1 saturated carbocycles. The maximum Gasteiger partial charge on any atom is 0.252 e. The number of hydrogen-bond donors (Lipinski definition) is 3. The van der Waals surface area contributed by atoms with Crippen molar-refractivity contribution >= 4 is 28.8 Å². The third-order valence-corrected chi connectivity index (χ3v) is 5.78. The van der Waals surface area contributed by atoms with Crippen molar-refractivity contribution in [2.75, 3.05) is 5.32 Å². The van der Waals surface area contributed by atoms with Gasteiger partial charge in [0.25, 0.3) is 11.8 Å². The van der Waals surface area contributed by atoms with Crippen LogP contribution in [-0.2, 0) is 15.6 Å². The molecule has 0 atom stereocenters. The zero-order chi connectivity index (χ0) is 25.3. The van der Waals surface area contributed by atoms with Crippen LogP contribution in [0.4, 0.5) is 5.95 Å². The first kappa shape index (κ1) is 25.4. The smallest absolute Gasteiger partial charge is 0.252 e. The van der Waals surface area contributed by atoms with Crippen molar-refractivity contribution in [2.24, 2.45) is 0 Å². The Morgan fingerprint density at radius 1 is 0.912 bits per heavy atom. The molecule has 1 fully saturated rings. The quantitative estimate of drug-likeness (QED) is 0.477. The summed E-state index contributed by atoms with van der Waals surface area (Å²) in [5, 5.41) is 5.80. The molecule has 4 rings (SSSR count). The second-order valence-electron chi connectivity index (χ2n) is 10.7. The van der Waals surface area contributed by atoms with Crippen molar-refractivity contribution in [1.29, 1.82) is 0 Å². The van der Waals surface area contributed by atoms with Gasteiger partial charge in [-0.1, -0.05) is 67.5 Å². The molecular formula is C27H37N5O2. The fraction of sp³-hybridized carbons (Fsp3) is 0.481. The van der Waals surface area contributed by atoms with Gasteiger partial charge >= 0.3 is 0 Å². The number of aromatic amines is 1. The molecule has 182 valence electrons. The minimum Gasteiger partial charge on any atom is -0.338 e. The highest BCUT2D eigenvalue weighted by Crippen LogP contribution is 2.37. The van der Waals surface area contributed by atoms with E-state index < -0.39 is 5.54 Å². The number of hydrogen-bond acceptors (Lipinski definition) is 4. The molecule has 0 unspecified atom stereocenters. The van der Waals surface area contributed by atoms with Crippen molar-refractivity contribution in [3.8, 4) is 0 Å². The van der Waals surface area contributed by atoms with Gasteiger partial charge < -0.3 is 10.3 Å². The van der Waals surface area contributed by atoms with Crippen LogP contribution >= 0.6 is 0 Å². The van der Waals surface area contributed by atoms with E-state index in [1.54, 1.807) is 0 Å². The first-order valence-electron chi connectivity index (χ1n) is 12.0. The Morgan fingerprint density at radius 3 is 1.97 bits per heavy atom. The van der Waals surface area contributed by atoms with Gasteiger partial charge in [0, 0.05) is 27.8 Å².